The third kappa shape index (κ3) is 8.94. The van der Waals surface area contributed by atoms with E-state index in [0.29, 0.717) is 52.8 Å². The average Bonchev–Trinajstić information content (AvgIpc) is 3.13. The topological polar surface area (TPSA) is 166 Å². The summed E-state index contributed by atoms with van der Waals surface area (Å²) in [5.41, 5.74) is 5.93. The number of aliphatic hydroxyl groups is 1. The van der Waals surface area contributed by atoms with E-state index in [-0.39, 0.29) is 24.8 Å². The van der Waals surface area contributed by atoms with Gasteiger partial charge in [0.2, 0.25) is 0 Å². The monoisotopic (exact) mass is 696 g/mol. The number of hydrazone groups is 1. The van der Waals surface area contributed by atoms with Gasteiger partial charge in [0, 0.05) is 11.3 Å². The van der Waals surface area contributed by atoms with Crippen LogP contribution in [0.25, 0.3) is 10.8 Å². The quantitative estimate of drug-likeness (QED) is 0.0568. The summed E-state index contributed by atoms with van der Waals surface area (Å²) in [6.45, 7) is 5.88. The number of benzene rings is 4. The summed E-state index contributed by atoms with van der Waals surface area (Å²) >= 11 is 0. The van der Waals surface area contributed by atoms with Gasteiger partial charge in [-0.25, -0.2) is 14.4 Å². The molecule has 266 valence electrons. The Kier molecular flexibility index (Phi) is 12.1. The minimum absolute atomic E-state index is 0.187. The molecule has 5 rings (SSSR count). The number of ether oxygens (including phenoxy) is 5. The number of hydrogen-bond acceptors (Lipinski definition) is 11. The van der Waals surface area contributed by atoms with E-state index in [2.05, 4.69) is 21.2 Å². The Morgan fingerprint density at radius 1 is 0.922 bits per heavy atom. The summed E-state index contributed by atoms with van der Waals surface area (Å²) < 4.78 is 27.9. The fourth-order valence-electron chi connectivity index (χ4n) is 5.46. The first-order valence-corrected chi connectivity index (χ1v) is 16.4. The maximum Gasteiger partial charge on any atom is 0.338 e. The molecule has 1 aliphatic rings. The Morgan fingerprint density at radius 2 is 1.69 bits per heavy atom. The number of amides is 2. The maximum absolute atomic E-state index is 12.5. The van der Waals surface area contributed by atoms with Crippen molar-refractivity contribution in [3.05, 3.63) is 112 Å². The number of fused-ring (bicyclic) bond motifs is 1. The largest absolute Gasteiger partial charge is 0.490 e. The summed E-state index contributed by atoms with van der Waals surface area (Å²) in [7, 11) is 1.27. The van der Waals surface area contributed by atoms with Crippen molar-refractivity contribution in [1.82, 2.24) is 16.1 Å². The fourth-order valence-corrected chi connectivity index (χ4v) is 5.46. The number of urea groups is 1. The third-order valence-electron chi connectivity index (χ3n) is 7.88. The van der Waals surface area contributed by atoms with Crippen LogP contribution in [0.4, 0.5) is 4.79 Å². The van der Waals surface area contributed by atoms with Crippen LogP contribution in [-0.2, 0) is 20.9 Å². The SMILES string of the molecule is CCOC(=O)c1ccc(COc2ccc3ccccc3c2/C=N/N[C@@H](O)COc2ccc([C@@H]3NC(=O)NC(C)=C3C(=O)OC)cc2OCC)cc1. The van der Waals surface area contributed by atoms with Crippen LogP contribution < -0.4 is 30.3 Å². The number of nitrogens with zero attached hydrogens (tertiary/aromatic N) is 1. The molecular formula is C38H40N4O9. The Morgan fingerprint density at radius 3 is 2.43 bits per heavy atom. The lowest BCUT2D eigenvalue weighted by atomic mass is 9.95. The van der Waals surface area contributed by atoms with E-state index in [0.717, 1.165) is 16.3 Å². The zero-order valence-corrected chi connectivity index (χ0v) is 28.7. The Bertz CT molecular complexity index is 1940. The summed E-state index contributed by atoms with van der Waals surface area (Å²) in [6.07, 6.45) is 0.375. The fraction of sp³-hybridized carbons (Fsp3) is 0.263. The maximum atomic E-state index is 12.5. The number of carbonyl (C=O) groups excluding carboxylic acids is 3. The number of methoxy groups -OCH3 is 1. The van der Waals surface area contributed by atoms with Gasteiger partial charge in [0.05, 0.1) is 43.7 Å². The molecule has 0 aromatic heterocycles. The molecule has 0 aliphatic carbocycles. The molecule has 0 radical (unpaired) electrons. The predicted molar refractivity (Wildman–Crippen MR) is 190 cm³/mol. The minimum Gasteiger partial charge on any atom is -0.490 e. The molecule has 0 saturated heterocycles. The molecule has 0 saturated carbocycles. The van der Waals surface area contributed by atoms with Gasteiger partial charge >= 0.3 is 18.0 Å². The average molecular weight is 697 g/mol. The number of rotatable bonds is 15. The van der Waals surface area contributed by atoms with E-state index in [1.807, 2.05) is 55.5 Å². The normalized spacial score (nSPS) is 14.8. The van der Waals surface area contributed by atoms with Gasteiger partial charge in [-0.05, 0) is 73.0 Å². The molecule has 13 heteroatoms. The van der Waals surface area contributed by atoms with Crippen LogP contribution in [0.2, 0.25) is 0 Å². The molecular weight excluding hydrogens is 656 g/mol. The van der Waals surface area contributed by atoms with E-state index < -0.39 is 24.3 Å². The van der Waals surface area contributed by atoms with Crippen LogP contribution in [0.1, 0.15) is 53.9 Å². The molecule has 1 aliphatic heterocycles. The summed E-state index contributed by atoms with van der Waals surface area (Å²) in [6, 6.07) is 22.4. The first-order valence-electron chi connectivity index (χ1n) is 16.4. The van der Waals surface area contributed by atoms with Gasteiger partial charge in [-0.1, -0.05) is 48.5 Å². The van der Waals surface area contributed by atoms with Gasteiger partial charge in [-0.3, -0.25) is 5.43 Å². The summed E-state index contributed by atoms with van der Waals surface area (Å²) in [4.78, 5) is 36.8. The van der Waals surface area contributed by atoms with Gasteiger partial charge in [0.1, 0.15) is 19.0 Å². The van der Waals surface area contributed by atoms with Crippen molar-refractivity contribution in [1.29, 1.82) is 0 Å². The third-order valence-corrected chi connectivity index (χ3v) is 7.88. The van der Waals surface area contributed by atoms with Crippen molar-refractivity contribution < 1.29 is 43.2 Å². The predicted octanol–water partition coefficient (Wildman–Crippen LogP) is 5.12. The van der Waals surface area contributed by atoms with Crippen molar-refractivity contribution in [2.45, 2.75) is 39.6 Å². The first kappa shape index (κ1) is 36.2. The van der Waals surface area contributed by atoms with E-state index in [4.69, 9.17) is 23.7 Å². The summed E-state index contributed by atoms with van der Waals surface area (Å²) in [5, 5.41) is 22.2. The Labute approximate surface area is 295 Å². The molecule has 0 bridgehead atoms. The summed E-state index contributed by atoms with van der Waals surface area (Å²) in [5.74, 6) is 0.311. The molecule has 4 aromatic carbocycles. The Balaban J connectivity index is 1.26. The highest BCUT2D eigenvalue weighted by Gasteiger charge is 2.32. The van der Waals surface area contributed by atoms with Crippen molar-refractivity contribution in [3.8, 4) is 17.2 Å². The van der Waals surface area contributed by atoms with Crippen LogP contribution >= 0.6 is 0 Å². The first-order chi connectivity index (χ1) is 24.7. The van der Waals surface area contributed by atoms with E-state index in [1.54, 1.807) is 50.4 Å². The highest BCUT2D eigenvalue weighted by molar-refractivity contribution is 6.02. The standard InChI is InChI=1S/C38H40N4O9/c1-5-48-32-19-27(35-34(37(45)47-4)23(3)40-38(46)41-35)16-18-31(32)51-22-33(43)42-39-20-29-28-10-8-7-9-25(28)15-17-30(29)50-21-24-11-13-26(14-12-24)36(44)49-6-2/h7-20,33,35,42-43H,5-6,21-22H2,1-4H3,(H2,40,41,46)/b39-20+/t33-,35-/m0/s1. The van der Waals surface area contributed by atoms with Crippen LogP contribution in [0, 0.1) is 0 Å². The number of carbonyl (C=O) groups is 3. The number of esters is 2. The van der Waals surface area contributed by atoms with Crippen LogP contribution in [0.3, 0.4) is 0 Å². The van der Waals surface area contributed by atoms with E-state index >= 15 is 0 Å². The zero-order chi connectivity index (χ0) is 36.3. The van der Waals surface area contributed by atoms with Crippen molar-refractivity contribution in [2.24, 2.45) is 5.10 Å². The molecule has 4 N–H and O–H groups in total. The number of nitrogens with one attached hydrogen (secondary N) is 3. The van der Waals surface area contributed by atoms with Crippen LogP contribution in [0.5, 0.6) is 17.2 Å². The molecule has 0 spiro atoms. The van der Waals surface area contributed by atoms with Crippen LogP contribution in [0.15, 0.2) is 95.2 Å². The van der Waals surface area contributed by atoms with Gasteiger partial charge in [-0.2, -0.15) is 5.10 Å². The lowest BCUT2D eigenvalue weighted by Crippen LogP contribution is -2.45. The molecule has 13 nitrogen and oxygen atoms in total. The smallest absolute Gasteiger partial charge is 0.338 e. The van der Waals surface area contributed by atoms with Gasteiger partial charge in [0.15, 0.2) is 17.7 Å². The van der Waals surface area contributed by atoms with Gasteiger partial charge in [-0.15, -0.1) is 0 Å². The van der Waals surface area contributed by atoms with Crippen molar-refractivity contribution in [3.63, 3.8) is 0 Å². The van der Waals surface area contributed by atoms with Crippen LogP contribution in [-0.4, -0.2) is 62.4 Å². The lowest BCUT2D eigenvalue weighted by molar-refractivity contribution is -0.136. The molecule has 2 atom stereocenters. The second-order valence-corrected chi connectivity index (χ2v) is 11.3. The highest BCUT2D eigenvalue weighted by Crippen LogP contribution is 2.35. The zero-order valence-electron chi connectivity index (χ0n) is 28.7. The van der Waals surface area contributed by atoms with E-state index in [9.17, 15) is 19.5 Å². The lowest BCUT2D eigenvalue weighted by Gasteiger charge is -2.28. The molecule has 51 heavy (non-hydrogen) atoms. The number of allylic oxidation sites excluding steroid dienone is 1. The molecule has 0 unspecified atom stereocenters. The molecule has 1 heterocycles. The van der Waals surface area contributed by atoms with Crippen molar-refractivity contribution in [2.75, 3.05) is 26.9 Å². The van der Waals surface area contributed by atoms with Gasteiger partial charge < -0.3 is 39.4 Å². The second kappa shape index (κ2) is 17.0. The Hall–Kier alpha value is -6.08. The molecule has 4 aromatic rings. The molecule has 2 amide bonds. The van der Waals surface area contributed by atoms with Crippen molar-refractivity contribution >= 4 is 35.0 Å². The minimum atomic E-state index is -1.20. The second-order valence-electron chi connectivity index (χ2n) is 11.3. The highest BCUT2D eigenvalue weighted by atomic mass is 16.5. The molecule has 0 fully saturated rings. The number of aliphatic hydroxyl groups excluding tert-OH is 1. The van der Waals surface area contributed by atoms with Gasteiger partial charge in [0.25, 0.3) is 0 Å². The van der Waals surface area contributed by atoms with E-state index in [1.165, 1.54) is 7.11 Å². The number of hydrogen-bond donors (Lipinski definition) is 4.